The molecule has 96 valence electrons. The third-order valence-corrected chi connectivity index (χ3v) is 2.35. The van der Waals surface area contributed by atoms with E-state index in [0.29, 0.717) is 11.3 Å². The molecular formula is C12H10N4O3. The number of nitrogens with zero attached hydrogens (tertiary/aromatic N) is 3. The molecule has 2 N–H and O–H groups in total. The van der Waals surface area contributed by atoms with Crippen LogP contribution in [0, 0.1) is 0 Å². The lowest BCUT2D eigenvalue weighted by Crippen LogP contribution is -2.13. The van der Waals surface area contributed by atoms with E-state index in [1.54, 1.807) is 30.9 Å². The van der Waals surface area contributed by atoms with Crippen LogP contribution in [-0.4, -0.2) is 30.9 Å². The largest absolute Gasteiger partial charge is 0.483 e. The predicted molar refractivity (Wildman–Crippen MR) is 67.7 cm³/mol. The SMILES string of the molecule is O=CO.O=c1cc(-c2cnc[nH]2)nc2ccccn12. The van der Waals surface area contributed by atoms with Gasteiger partial charge in [0.15, 0.2) is 0 Å². The number of aromatic amines is 1. The monoisotopic (exact) mass is 258 g/mol. The highest BCUT2D eigenvalue weighted by atomic mass is 16.3. The van der Waals surface area contributed by atoms with Crippen molar-refractivity contribution in [3.8, 4) is 11.4 Å². The van der Waals surface area contributed by atoms with Crippen molar-refractivity contribution in [3.63, 3.8) is 0 Å². The van der Waals surface area contributed by atoms with Crippen LogP contribution in [0.4, 0.5) is 0 Å². The Kier molecular flexibility index (Phi) is 3.67. The molecule has 0 atom stereocenters. The molecule has 0 bridgehead atoms. The van der Waals surface area contributed by atoms with Crippen molar-refractivity contribution in [2.75, 3.05) is 0 Å². The van der Waals surface area contributed by atoms with Crippen LogP contribution in [0.1, 0.15) is 0 Å². The predicted octanol–water partition coefficient (Wildman–Crippen LogP) is 0.785. The van der Waals surface area contributed by atoms with Gasteiger partial charge >= 0.3 is 0 Å². The van der Waals surface area contributed by atoms with Crippen LogP contribution in [-0.2, 0) is 4.79 Å². The van der Waals surface area contributed by atoms with Crippen molar-refractivity contribution in [2.24, 2.45) is 0 Å². The van der Waals surface area contributed by atoms with Gasteiger partial charge in [-0.3, -0.25) is 14.0 Å². The molecule has 3 heterocycles. The zero-order valence-corrected chi connectivity index (χ0v) is 9.72. The van der Waals surface area contributed by atoms with E-state index in [2.05, 4.69) is 15.0 Å². The van der Waals surface area contributed by atoms with Gasteiger partial charge < -0.3 is 10.1 Å². The molecule has 0 saturated heterocycles. The average molecular weight is 258 g/mol. The van der Waals surface area contributed by atoms with Gasteiger partial charge in [-0.2, -0.15) is 0 Å². The number of hydrogen-bond donors (Lipinski definition) is 2. The van der Waals surface area contributed by atoms with E-state index in [1.165, 1.54) is 10.5 Å². The quantitative estimate of drug-likeness (QED) is 0.628. The normalized spacial score (nSPS) is 9.68. The zero-order chi connectivity index (χ0) is 13.7. The van der Waals surface area contributed by atoms with Crippen LogP contribution >= 0.6 is 0 Å². The molecule has 0 radical (unpaired) electrons. The average Bonchev–Trinajstić information content (AvgIpc) is 2.93. The van der Waals surface area contributed by atoms with E-state index < -0.39 is 0 Å². The summed E-state index contributed by atoms with van der Waals surface area (Å²) in [4.78, 5) is 31.3. The smallest absolute Gasteiger partial charge is 0.290 e. The molecule has 0 aromatic carbocycles. The Bertz CT molecular complexity index is 734. The fourth-order valence-corrected chi connectivity index (χ4v) is 1.59. The highest BCUT2D eigenvalue weighted by Crippen LogP contribution is 2.11. The molecular weight excluding hydrogens is 248 g/mol. The topological polar surface area (TPSA) is 100 Å². The lowest BCUT2D eigenvalue weighted by molar-refractivity contribution is -0.122. The number of imidazole rings is 1. The Morgan fingerprint density at radius 3 is 2.84 bits per heavy atom. The molecule has 3 aromatic heterocycles. The van der Waals surface area contributed by atoms with Crippen molar-refractivity contribution in [1.29, 1.82) is 0 Å². The summed E-state index contributed by atoms with van der Waals surface area (Å²) in [5.74, 6) is 0. The fraction of sp³-hybridized carbons (Fsp3) is 0. The summed E-state index contributed by atoms with van der Waals surface area (Å²) in [5.41, 5.74) is 1.87. The summed E-state index contributed by atoms with van der Waals surface area (Å²) in [5, 5.41) is 6.89. The lowest BCUT2D eigenvalue weighted by Gasteiger charge is -2.01. The number of H-pyrrole nitrogens is 1. The van der Waals surface area contributed by atoms with Crippen LogP contribution in [0.25, 0.3) is 17.0 Å². The standard InChI is InChI=1S/C11H8N4O.CH2O2/c16-11-5-8(9-6-12-7-13-9)14-10-3-1-2-4-15(10)11;2-1-3/h1-7H,(H,12,13);1H,(H,2,3). The summed E-state index contributed by atoms with van der Waals surface area (Å²) >= 11 is 0. The number of aromatic nitrogens is 4. The Morgan fingerprint density at radius 2 is 2.16 bits per heavy atom. The van der Waals surface area contributed by atoms with Crippen molar-refractivity contribution in [1.82, 2.24) is 19.4 Å². The summed E-state index contributed by atoms with van der Waals surface area (Å²) in [7, 11) is 0. The highest BCUT2D eigenvalue weighted by molar-refractivity contribution is 5.56. The number of carbonyl (C=O) groups is 1. The van der Waals surface area contributed by atoms with Crippen LogP contribution < -0.4 is 5.56 Å². The molecule has 0 fully saturated rings. The van der Waals surface area contributed by atoms with Crippen molar-refractivity contribution >= 4 is 12.1 Å². The zero-order valence-electron chi connectivity index (χ0n) is 9.72. The van der Waals surface area contributed by atoms with E-state index in [9.17, 15) is 4.79 Å². The van der Waals surface area contributed by atoms with Crippen LogP contribution in [0.3, 0.4) is 0 Å². The number of pyridine rings is 1. The lowest BCUT2D eigenvalue weighted by atomic mass is 10.3. The first kappa shape index (κ1) is 12.5. The van der Waals surface area contributed by atoms with Gasteiger partial charge in [0.1, 0.15) is 5.65 Å². The molecule has 0 aliphatic heterocycles. The minimum atomic E-state index is -0.250. The fourth-order valence-electron chi connectivity index (χ4n) is 1.59. The molecule has 19 heavy (non-hydrogen) atoms. The second-order valence-electron chi connectivity index (χ2n) is 3.48. The minimum absolute atomic E-state index is 0.102. The first-order chi connectivity index (χ1) is 9.26. The first-order valence-electron chi connectivity index (χ1n) is 5.31. The van der Waals surface area contributed by atoms with Gasteiger partial charge in [0.25, 0.3) is 12.0 Å². The number of fused-ring (bicyclic) bond motifs is 1. The molecule has 0 unspecified atom stereocenters. The van der Waals surface area contributed by atoms with Gasteiger partial charge in [-0.05, 0) is 12.1 Å². The van der Waals surface area contributed by atoms with E-state index in [0.717, 1.165) is 5.69 Å². The molecule has 7 nitrogen and oxygen atoms in total. The minimum Gasteiger partial charge on any atom is -0.483 e. The summed E-state index contributed by atoms with van der Waals surface area (Å²) in [6.45, 7) is -0.250. The van der Waals surface area contributed by atoms with E-state index >= 15 is 0 Å². The van der Waals surface area contributed by atoms with Crippen LogP contribution in [0.15, 0.2) is 47.8 Å². The van der Waals surface area contributed by atoms with Crippen LogP contribution in [0.5, 0.6) is 0 Å². The highest BCUT2D eigenvalue weighted by Gasteiger charge is 2.04. The van der Waals surface area contributed by atoms with E-state index in [4.69, 9.17) is 9.90 Å². The van der Waals surface area contributed by atoms with Gasteiger partial charge in [-0.1, -0.05) is 6.07 Å². The summed E-state index contributed by atoms with van der Waals surface area (Å²) in [6, 6.07) is 6.92. The maximum absolute atomic E-state index is 11.8. The second kappa shape index (κ2) is 5.58. The number of rotatable bonds is 1. The van der Waals surface area contributed by atoms with E-state index in [-0.39, 0.29) is 12.0 Å². The third kappa shape index (κ3) is 2.65. The summed E-state index contributed by atoms with van der Waals surface area (Å²) in [6.07, 6.45) is 4.90. The molecule has 0 saturated carbocycles. The maximum atomic E-state index is 11.8. The molecule has 0 amide bonds. The van der Waals surface area contributed by atoms with Gasteiger partial charge in [0.05, 0.1) is 23.9 Å². The molecule has 3 aromatic rings. The molecule has 0 aliphatic carbocycles. The molecule has 7 heteroatoms. The number of hydrogen-bond acceptors (Lipinski definition) is 4. The van der Waals surface area contributed by atoms with Crippen molar-refractivity contribution in [3.05, 3.63) is 53.3 Å². The number of nitrogens with one attached hydrogen (secondary N) is 1. The molecule has 0 aliphatic rings. The Labute approximate surface area is 107 Å². The van der Waals surface area contributed by atoms with Gasteiger partial charge in [0, 0.05) is 12.3 Å². The second-order valence-corrected chi connectivity index (χ2v) is 3.48. The first-order valence-corrected chi connectivity index (χ1v) is 5.31. The Balaban J connectivity index is 0.000000408. The van der Waals surface area contributed by atoms with E-state index in [1.807, 2.05) is 6.07 Å². The van der Waals surface area contributed by atoms with Gasteiger partial charge in [0.2, 0.25) is 0 Å². The summed E-state index contributed by atoms with van der Waals surface area (Å²) < 4.78 is 1.50. The Morgan fingerprint density at radius 1 is 1.37 bits per heavy atom. The number of carboxylic acid groups (broad SMARTS) is 1. The third-order valence-electron chi connectivity index (χ3n) is 2.35. The van der Waals surface area contributed by atoms with Crippen molar-refractivity contribution < 1.29 is 9.90 Å². The van der Waals surface area contributed by atoms with Crippen LogP contribution in [0.2, 0.25) is 0 Å². The molecule has 3 rings (SSSR count). The van der Waals surface area contributed by atoms with Gasteiger partial charge in [-0.15, -0.1) is 0 Å². The maximum Gasteiger partial charge on any atom is 0.290 e. The Hall–Kier alpha value is -2.96. The molecule has 0 spiro atoms. The van der Waals surface area contributed by atoms with Crippen molar-refractivity contribution in [2.45, 2.75) is 0 Å². The van der Waals surface area contributed by atoms with Gasteiger partial charge in [-0.25, -0.2) is 9.97 Å².